The van der Waals surface area contributed by atoms with Crippen molar-refractivity contribution in [1.29, 1.82) is 0 Å². The molecule has 0 N–H and O–H groups in total. The minimum Gasteiger partial charge on any atom is -0.466 e. The van der Waals surface area contributed by atoms with Gasteiger partial charge in [-0.1, -0.05) is 0 Å². The molecule has 0 spiro atoms. The fourth-order valence-electron chi connectivity index (χ4n) is 0.957. The zero-order valence-electron chi connectivity index (χ0n) is 8.06. The molecule has 0 bridgehead atoms. The standard InChI is InChI=1S/C10H6F4O2/c1-16-8(15)3-2-5-9(13)6(11)4-7(12)10(5)14/h2-4H,1H3/b3-2+. The molecule has 0 aliphatic carbocycles. The highest BCUT2D eigenvalue weighted by Crippen LogP contribution is 2.20. The van der Waals surface area contributed by atoms with E-state index in [-0.39, 0.29) is 6.07 Å². The lowest BCUT2D eigenvalue weighted by atomic mass is 10.1. The number of hydrogen-bond acceptors (Lipinski definition) is 2. The van der Waals surface area contributed by atoms with Crippen molar-refractivity contribution in [3.05, 3.63) is 41.0 Å². The van der Waals surface area contributed by atoms with Crippen LogP contribution in [-0.4, -0.2) is 13.1 Å². The van der Waals surface area contributed by atoms with Crippen molar-refractivity contribution in [2.24, 2.45) is 0 Å². The highest BCUT2D eigenvalue weighted by molar-refractivity contribution is 5.87. The van der Waals surface area contributed by atoms with Crippen molar-refractivity contribution >= 4 is 12.0 Å². The summed E-state index contributed by atoms with van der Waals surface area (Å²) in [6, 6.07) is 0.0835. The number of carbonyl (C=O) groups excluding carboxylic acids is 1. The maximum atomic E-state index is 13.0. The molecule has 1 rings (SSSR count). The Morgan fingerprint density at radius 2 is 1.69 bits per heavy atom. The molecule has 0 saturated heterocycles. The fraction of sp³-hybridized carbons (Fsp3) is 0.100. The van der Waals surface area contributed by atoms with E-state index in [2.05, 4.69) is 4.74 Å². The second kappa shape index (κ2) is 4.78. The first-order valence-corrected chi connectivity index (χ1v) is 4.06. The molecule has 0 heterocycles. The molecule has 0 radical (unpaired) electrons. The lowest BCUT2D eigenvalue weighted by molar-refractivity contribution is -0.134. The summed E-state index contributed by atoms with van der Waals surface area (Å²) in [4.78, 5) is 10.6. The Labute approximate surface area is 88.1 Å². The SMILES string of the molecule is COC(=O)/C=C/c1c(F)c(F)cc(F)c1F. The van der Waals surface area contributed by atoms with Gasteiger partial charge in [0.15, 0.2) is 23.3 Å². The highest BCUT2D eigenvalue weighted by Gasteiger charge is 2.16. The van der Waals surface area contributed by atoms with Crippen molar-refractivity contribution in [3.63, 3.8) is 0 Å². The van der Waals surface area contributed by atoms with Crippen LogP contribution in [0, 0.1) is 23.3 Å². The van der Waals surface area contributed by atoms with Crippen LogP contribution in [0.15, 0.2) is 12.1 Å². The largest absolute Gasteiger partial charge is 0.466 e. The predicted molar refractivity (Wildman–Crippen MR) is 47.3 cm³/mol. The van der Waals surface area contributed by atoms with E-state index in [0.29, 0.717) is 12.2 Å². The Morgan fingerprint density at radius 1 is 1.19 bits per heavy atom. The van der Waals surface area contributed by atoms with E-state index in [1.165, 1.54) is 0 Å². The van der Waals surface area contributed by atoms with Crippen molar-refractivity contribution in [2.45, 2.75) is 0 Å². The molecule has 0 unspecified atom stereocenters. The molecule has 0 atom stereocenters. The van der Waals surface area contributed by atoms with Crippen molar-refractivity contribution in [3.8, 4) is 0 Å². The van der Waals surface area contributed by atoms with E-state index in [4.69, 9.17) is 0 Å². The maximum absolute atomic E-state index is 13.0. The van der Waals surface area contributed by atoms with Crippen LogP contribution in [0.3, 0.4) is 0 Å². The van der Waals surface area contributed by atoms with Crippen molar-refractivity contribution in [2.75, 3.05) is 7.11 Å². The Hall–Kier alpha value is -1.85. The first-order chi connectivity index (χ1) is 7.47. The van der Waals surface area contributed by atoms with Gasteiger partial charge in [0.05, 0.1) is 12.7 Å². The monoisotopic (exact) mass is 234 g/mol. The van der Waals surface area contributed by atoms with E-state index in [0.717, 1.165) is 7.11 Å². The van der Waals surface area contributed by atoms with E-state index in [9.17, 15) is 22.4 Å². The van der Waals surface area contributed by atoms with Gasteiger partial charge >= 0.3 is 5.97 Å². The Balaban J connectivity index is 3.22. The third-order valence-corrected chi connectivity index (χ3v) is 1.73. The summed E-state index contributed by atoms with van der Waals surface area (Å²) in [5.74, 6) is -7.12. The number of rotatable bonds is 2. The summed E-state index contributed by atoms with van der Waals surface area (Å²) in [5.41, 5.74) is -0.970. The van der Waals surface area contributed by atoms with Gasteiger partial charge in [-0.25, -0.2) is 22.4 Å². The predicted octanol–water partition coefficient (Wildman–Crippen LogP) is 2.43. The Morgan fingerprint density at radius 3 is 2.12 bits per heavy atom. The number of ether oxygens (including phenoxy) is 1. The van der Waals surface area contributed by atoms with Crippen LogP contribution in [0.2, 0.25) is 0 Å². The molecule has 0 aromatic heterocycles. The smallest absolute Gasteiger partial charge is 0.330 e. The quantitative estimate of drug-likeness (QED) is 0.340. The summed E-state index contributed by atoms with van der Waals surface area (Å²) in [6.07, 6.45) is 1.25. The van der Waals surface area contributed by atoms with E-state index < -0.39 is 34.8 Å². The number of methoxy groups -OCH3 is 1. The molecule has 0 aliphatic heterocycles. The molecule has 1 aromatic carbocycles. The molecule has 16 heavy (non-hydrogen) atoms. The number of esters is 1. The second-order valence-electron chi connectivity index (χ2n) is 2.74. The van der Waals surface area contributed by atoms with Crippen LogP contribution < -0.4 is 0 Å². The summed E-state index contributed by atoms with van der Waals surface area (Å²) in [5, 5.41) is 0. The van der Waals surface area contributed by atoms with Gasteiger partial charge in [-0.15, -0.1) is 0 Å². The number of halogens is 4. The third kappa shape index (κ3) is 2.39. The summed E-state index contributed by atoms with van der Waals surface area (Å²) >= 11 is 0. The average molecular weight is 234 g/mol. The molecule has 1 aromatic rings. The van der Waals surface area contributed by atoms with E-state index in [1.807, 2.05) is 0 Å². The second-order valence-corrected chi connectivity index (χ2v) is 2.74. The molecule has 0 saturated carbocycles. The van der Waals surface area contributed by atoms with Gasteiger partial charge in [-0.05, 0) is 6.08 Å². The topological polar surface area (TPSA) is 26.3 Å². The average Bonchev–Trinajstić information content (AvgIpc) is 2.26. The third-order valence-electron chi connectivity index (χ3n) is 1.73. The zero-order chi connectivity index (χ0) is 12.3. The van der Waals surface area contributed by atoms with Crippen LogP contribution >= 0.6 is 0 Å². The van der Waals surface area contributed by atoms with Gasteiger partial charge in [-0.2, -0.15) is 0 Å². The highest BCUT2D eigenvalue weighted by atomic mass is 19.2. The summed E-state index contributed by atoms with van der Waals surface area (Å²) < 4.78 is 55.6. The van der Waals surface area contributed by atoms with Gasteiger partial charge in [0.2, 0.25) is 0 Å². The molecule has 0 fully saturated rings. The number of hydrogen-bond donors (Lipinski definition) is 0. The van der Waals surface area contributed by atoms with Crippen LogP contribution in [0.25, 0.3) is 6.08 Å². The fourth-order valence-corrected chi connectivity index (χ4v) is 0.957. The Bertz CT molecular complexity index is 428. The lowest BCUT2D eigenvalue weighted by Gasteiger charge is -2.01. The van der Waals surface area contributed by atoms with Crippen LogP contribution in [0.1, 0.15) is 5.56 Å². The first kappa shape index (κ1) is 12.2. The lowest BCUT2D eigenvalue weighted by Crippen LogP contribution is -1.99. The van der Waals surface area contributed by atoms with Crippen molar-refractivity contribution < 1.29 is 27.1 Å². The van der Waals surface area contributed by atoms with Gasteiger partial charge in [-0.3, -0.25) is 0 Å². The summed E-state index contributed by atoms with van der Waals surface area (Å²) in [6.45, 7) is 0. The number of carbonyl (C=O) groups is 1. The van der Waals surface area contributed by atoms with Gasteiger partial charge in [0.25, 0.3) is 0 Å². The normalized spacial score (nSPS) is 10.8. The zero-order valence-corrected chi connectivity index (χ0v) is 8.06. The first-order valence-electron chi connectivity index (χ1n) is 4.06. The van der Waals surface area contributed by atoms with E-state index in [1.54, 1.807) is 0 Å². The van der Waals surface area contributed by atoms with Crippen LogP contribution in [0.4, 0.5) is 17.6 Å². The Kier molecular flexibility index (Phi) is 3.65. The maximum Gasteiger partial charge on any atom is 0.330 e. The van der Waals surface area contributed by atoms with Crippen LogP contribution in [-0.2, 0) is 9.53 Å². The minimum absolute atomic E-state index is 0.0835. The molecule has 2 nitrogen and oxygen atoms in total. The molecule has 0 amide bonds. The van der Waals surface area contributed by atoms with Crippen LogP contribution in [0.5, 0.6) is 0 Å². The molecule has 6 heteroatoms. The molecular weight excluding hydrogens is 228 g/mol. The molecule has 86 valence electrons. The number of benzene rings is 1. The molecule has 0 aliphatic rings. The molecular formula is C10H6F4O2. The summed E-state index contributed by atoms with van der Waals surface area (Å²) in [7, 11) is 1.05. The van der Waals surface area contributed by atoms with Gasteiger partial charge < -0.3 is 4.74 Å². The van der Waals surface area contributed by atoms with Crippen molar-refractivity contribution in [1.82, 2.24) is 0 Å². The minimum atomic E-state index is -1.57. The van der Waals surface area contributed by atoms with Gasteiger partial charge in [0, 0.05) is 12.1 Å². The van der Waals surface area contributed by atoms with E-state index >= 15 is 0 Å². The van der Waals surface area contributed by atoms with Gasteiger partial charge in [0.1, 0.15) is 0 Å².